The molecule has 0 aliphatic heterocycles. The fourth-order valence-electron chi connectivity index (χ4n) is 1.38. The first-order valence-electron chi connectivity index (χ1n) is 5.22. The van der Waals surface area contributed by atoms with Crippen LogP contribution in [0.25, 0.3) is 0 Å². The van der Waals surface area contributed by atoms with E-state index in [0.717, 1.165) is 18.4 Å². The highest BCUT2D eigenvalue weighted by atomic mass is 35.5. The molecule has 3 nitrogen and oxygen atoms in total. The lowest BCUT2D eigenvalue weighted by atomic mass is 10.1. The highest BCUT2D eigenvalue weighted by molar-refractivity contribution is 6.32. The van der Waals surface area contributed by atoms with Crippen LogP contribution < -0.4 is 4.74 Å². The van der Waals surface area contributed by atoms with Gasteiger partial charge in [-0.05, 0) is 37.5 Å². The molecule has 0 heterocycles. The fourth-order valence-corrected chi connectivity index (χ4v) is 1.64. The number of aryl methyl sites for hydroxylation is 1. The smallest absolute Gasteiger partial charge is 0.234 e. The second kappa shape index (κ2) is 7.04. The number of hydrogen-bond donors (Lipinski definition) is 0. The van der Waals surface area contributed by atoms with E-state index in [4.69, 9.17) is 16.3 Å². The fraction of sp³-hybridized carbons (Fsp3) is 0.417. The molecule has 0 aliphatic carbocycles. The van der Waals surface area contributed by atoms with Crippen LogP contribution in [0.3, 0.4) is 0 Å². The predicted molar refractivity (Wildman–Crippen MR) is 63.9 cm³/mol. The van der Waals surface area contributed by atoms with Crippen molar-refractivity contribution in [2.24, 2.45) is 4.99 Å². The van der Waals surface area contributed by atoms with Crippen LogP contribution >= 0.6 is 11.6 Å². The molecule has 4 heteroatoms. The summed E-state index contributed by atoms with van der Waals surface area (Å²) in [5.74, 6) is 0.707. The summed E-state index contributed by atoms with van der Waals surface area (Å²) in [6.07, 6.45) is 3.18. The van der Waals surface area contributed by atoms with Gasteiger partial charge >= 0.3 is 0 Å². The number of aliphatic imine (C=N–C) groups is 1. The van der Waals surface area contributed by atoms with Gasteiger partial charge in [-0.15, -0.1) is 0 Å². The molecule has 0 fully saturated rings. The zero-order chi connectivity index (χ0) is 11.8. The average Bonchev–Trinajstić information content (AvgIpc) is 2.28. The van der Waals surface area contributed by atoms with Crippen molar-refractivity contribution in [2.45, 2.75) is 19.8 Å². The van der Waals surface area contributed by atoms with Crippen LogP contribution in [0.2, 0.25) is 5.02 Å². The normalized spacial score (nSPS) is 9.62. The Labute approximate surface area is 100 Å². The van der Waals surface area contributed by atoms with Gasteiger partial charge in [-0.25, -0.2) is 9.79 Å². The summed E-state index contributed by atoms with van der Waals surface area (Å²) in [5.41, 5.74) is 1.12. The molecule has 0 aromatic heterocycles. The second-order valence-electron chi connectivity index (χ2n) is 3.27. The van der Waals surface area contributed by atoms with Gasteiger partial charge in [-0.3, -0.25) is 0 Å². The lowest BCUT2D eigenvalue weighted by Gasteiger charge is -2.07. The lowest BCUT2D eigenvalue weighted by molar-refractivity contribution is 0.340. The predicted octanol–water partition coefficient (Wildman–Crippen LogP) is 3.01. The van der Waals surface area contributed by atoms with E-state index in [-0.39, 0.29) is 0 Å². The lowest BCUT2D eigenvalue weighted by Crippen LogP contribution is -1.94. The third kappa shape index (κ3) is 4.05. The zero-order valence-corrected chi connectivity index (χ0v) is 9.96. The number of nitrogens with zero attached hydrogens (tertiary/aromatic N) is 1. The Balaban J connectivity index is 2.55. The number of hydrogen-bond acceptors (Lipinski definition) is 3. The molecule has 0 unspecified atom stereocenters. The molecule has 0 bridgehead atoms. The van der Waals surface area contributed by atoms with Gasteiger partial charge in [0.1, 0.15) is 5.75 Å². The molecule has 0 saturated carbocycles. The van der Waals surface area contributed by atoms with Gasteiger partial charge in [-0.2, -0.15) is 0 Å². The van der Waals surface area contributed by atoms with Gasteiger partial charge in [0, 0.05) is 0 Å². The molecule has 0 spiro atoms. The summed E-state index contributed by atoms with van der Waals surface area (Å²) in [5, 5.41) is 0.623. The summed E-state index contributed by atoms with van der Waals surface area (Å²) < 4.78 is 5.33. The Bertz CT molecular complexity index is 387. The quantitative estimate of drug-likeness (QED) is 0.435. The van der Waals surface area contributed by atoms with E-state index in [0.29, 0.717) is 23.9 Å². The minimum Gasteiger partial charge on any atom is -0.492 e. The molecular weight excluding hydrogens is 226 g/mol. The molecule has 0 atom stereocenters. The molecule has 0 radical (unpaired) electrons. The third-order valence-electron chi connectivity index (χ3n) is 2.10. The van der Waals surface area contributed by atoms with Crippen LogP contribution in [0, 0.1) is 0 Å². The average molecular weight is 240 g/mol. The van der Waals surface area contributed by atoms with Crippen LogP contribution in [0.15, 0.2) is 23.2 Å². The van der Waals surface area contributed by atoms with Crippen molar-refractivity contribution in [3.05, 3.63) is 28.8 Å². The Kier molecular flexibility index (Phi) is 5.62. The minimum atomic E-state index is 0.508. The molecule has 1 aromatic rings. The Hall–Kier alpha value is -1.31. The highest BCUT2D eigenvalue weighted by Crippen LogP contribution is 2.25. The number of rotatable bonds is 6. The van der Waals surface area contributed by atoms with Crippen LogP contribution in [-0.4, -0.2) is 19.2 Å². The Morgan fingerprint density at radius 1 is 1.50 bits per heavy atom. The van der Waals surface area contributed by atoms with E-state index in [1.165, 1.54) is 6.08 Å². The number of benzene rings is 1. The number of isocyanates is 1. The van der Waals surface area contributed by atoms with Gasteiger partial charge in [0.2, 0.25) is 6.08 Å². The third-order valence-corrected chi connectivity index (χ3v) is 2.39. The largest absolute Gasteiger partial charge is 0.492 e. The Morgan fingerprint density at radius 2 is 2.31 bits per heavy atom. The van der Waals surface area contributed by atoms with Gasteiger partial charge in [0.15, 0.2) is 0 Å². The van der Waals surface area contributed by atoms with Crippen molar-refractivity contribution in [1.29, 1.82) is 0 Å². The summed E-state index contributed by atoms with van der Waals surface area (Å²) in [7, 11) is 0. The van der Waals surface area contributed by atoms with E-state index in [9.17, 15) is 4.79 Å². The second-order valence-corrected chi connectivity index (χ2v) is 3.68. The monoisotopic (exact) mass is 239 g/mol. The zero-order valence-electron chi connectivity index (χ0n) is 9.20. The van der Waals surface area contributed by atoms with Gasteiger partial charge in [-0.1, -0.05) is 17.7 Å². The van der Waals surface area contributed by atoms with Crippen molar-refractivity contribution >= 4 is 17.7 Å². The van der Waals surface area contributed by atoms with Crippen LogP contribution in [-0.2, 0) is 11.2 Å². The molecule has 16 heavy (non-hydrogen) atoms. The van der Waals surface area contributed by atoms with Crippen molar-refractivity contribution in [3.8, 4) is 5.75 Å². The first-order chi connectivity index (χ1) is 7.77. The first kappa shape index (κ1) is 12.8. The van der Waals surface area contributed by atoms with Crippen LogP contribution in [0.5, 0.6) is 5.75 Å². The van der Waals surface area contributed by atoms with Gasteiger partial charge < -0.3 is 4.74 Å². The van der Waals surface area contributed by atoms with Crippen molar-refractivity contribution in [3.63, 3.8) is 0 Å². The minimum absolute atomic E-state index is 0.508. The van der Waals surface area contributed by atoms with Crippen molar-refractivity contribution < 1.29 is 9.53 Å². The SMILES string of the molecule is CCOc1ccc(CCCN=C=O)cc1Cl. The molecule has 0 N–H and O–H groups in total. The van der Waals surface area contributed by atoms with E-state index < -0.39 is 0 Å². The standard InChI is InChI=1S/C12H14ClNO2/c1-2-16-12-6-5-10(8-11(12)13)4-3-7-14-9-15/h5-6,8H,2-4,7H2,1H3. The summed E-state index contributed by atoms with van der Waals surface area (Å²) in [6, 6.07) is 5.73. The number of halogens is 1. The first-order valence-corrected chi connectivity index (χ1v) is 5.60. The van der Waals surface area contributed by atoms with E-state index in [1.807, 2.05) is 25.1 Å². The van der Waals surface area contributed by atoms with Crippen LogP contribution in [0.4, 0.5) is 0 Å². The van der Waals surface area contributed by atoms with Crippen LogP contribution in [0.1, 0.15) is 18.9 Å². The Morgan fingerprint density at radius 3 is 2.94 bits per heavy atom. The maximum Gasteiger partial charge on any atom is 0.234 e. The molecule has 0 saturated heterocycles. The maximum atomic E-state index is 9.86. The van der Waals surface area contributed by atoms with Gasteiger partial charge in [0.05, 0.1) is 18.2 Å². The van der Waals surface area contributed by atoms with E-state index >= 15 is 0 Å². The van der Waals surface area contributed by atoms with Gasteiger partial charge in [0.25, 0.3) is 0 Å². The molecule has 86 valence electrons. The summed E-state index contributed by atoms with van der Waals surface area (Å²) in [6.45, 7) is 3.03. The molecule has 0 amide bonds. The maximum absolute atomic E-state index is 9.86. The molecule has 1 aromatic carbocycles. The van der Waals surface area contributed by atoms with Crippen molar-refractivity contribution in [2.75, 3.05) is 13.2 Å². The molecular formula is C12H14ClNO2. The summed E-state index contributed by atoms with van der Waals surface area (Å²) in [4.78, 5) is 13.4. The van der Waals surface area contributed by atoms with E-state index in [1.54, 1.807) is 0 Å². The number of ether oxygens (including phenoxy) is 1. The topological polar surface area (TPSA) is 38.7 Å². The van der Waals surface area contributed by atoms with E-state index in [2.05, 4.69) is 4.99 Å². The molecule has 0 aliphatic rings. The number of carbonyl (C=O) groups excluding carboxylic acids is 1. The highest BCUT2D eigenvalue weighted by Gasteiger charge is 2.02. The molecule has 1 rings (SSSR count). The van der Waals surface area contributed by atoms with Crippen molar-refractivity contribution in [1.82, 2.24) is 0 Å². The summed E-state index contributed by atoms with van der Waals surface area (Å²) >= 11 is 6.04.